The SMILES string of the molecule is CCn1c(=O)n2c3c4c(cc(C)n4CC2)c(-c2ccc(Cl)cc2)c([C@H](OC(C)(C)C)C(=O)O)c31. The summed E-state index contributed by atoms with van der Waals surface area (Å²) in [6.45, 7) is 11.1. The van der Waals surface area contributed by atoms with Crippen molar-refractivity contribution >= 4 is 39.5 Å². The van der Waals surface area contributed by atoms with Crippen molar-refractivity contribution in [3.63, 3.8) is 0 Å². The van der Waals surface area contributed by atoms with Crippen molar-refractivity contribution in [2.45, 2.75) is 66.0 Å². The zero-order valence-electron chi connectivity index (χ0n) is 20.0. The highest BCUT2D eigenvalue weighted by Gasteiger charge is 2.36. The second-order valence-electron chi connectivity index (χ2n) is 9.82. The van der Waals surface area contributed by atoms with Crippen LogP contribution in [0.5, 0.6) is 0 Å². The van der Waals surface area contributed by atoms with E-state index in [4.69, 9.17) is 16.3 Å². The monoisotopic (exact) mass is 481 g/mol. The van der Waals surface area contributed by atoms with E-state index in [9.17, 15) is 14.7 Å². The van der Waals surface area contributed by atoms with Crippen molar-refractivity contribution in [1.82, 2.24) is 13.7 Å². The summed E-state index contributed by atoms with van der Waals surface area (Å²) in [6.07, 6.45) is -1.27. The predicted octanol–water partition coefficient (Wildman–Crippen LogP) is 5.36. The van der Waals surface area contributed by atoms with Gasteiger partial charge >= 0.3 is 11.7 Å². The molecule has 0 radical (unpaired) electrons. The smallest absolute Gasteiger partial charge is 0.337 e. The molecule has 8 heteroatoms. The molecule has 0 amide bonds. The van der Waals surface area contributed by atoms with Crippen molar-refractivity contribution < 1.29 is 14.6 Å². The lowest BCUT2D eigenvalue weighted by Crippen LogP contribution is -2.28. The lowest BCUT2D eigenvalue weighted by Gasteiger charge is -2.28. The van der Waals surface area contributed by atoms with Gasteiger partial charge in [-0.05, 0) is 63.9 Å². The number of hydrogen-bond acceptors (Lipinski definition) is 3. The van der Waals surface area contributed by atoms with E-state index in [0.29, 0.717) is 35.7 Å². The Balaban J connectivity index is 2.06. The van der Waals surface area contributed by atoms with Gasteiger partial charge in [0.2, 0.25) is 0 Å². The van der Waals surface area contributed by atoms with Crippen molar-refractivity contribution in [2.75, 3.05) is 0 Å². The zero-order chi connectivity index (χ0) is 24.5. The molecule has 5 rings (SSSR count). The number of rotatable bonds is 5. The maximum atomic E-state index is 13.5. The molecule has 1 atom stereocenters. The van der Waals surface area contributed by atoms with Crippen LogP contribution in [0.1, 0.15) is 45.1 Å². The molecule has 4 aromatic rings. The number of aromatic nitrogens is 3. The summed E-state index contributed by atoms with van der Waals surface area (Å²) in [5, 5.41) is 11.9. The molecule has 7 nitrogen and oxygen atoms in total. The fourth-order valence-corrected chi connectivity index (χ4v) is 5.38. The standard InChI is InChI=1S/C26H28ClN3O4/c1-6-28-21-19(23(24(31)32)34-26(3,4)5)18(15-7-9-16(27)10-8-15)17-13-14(2)29-11-12-30(25(28)33)22(21)20(17)29/h7-10,13,23H,6,11-12H2,1-5H3,(H,31,32)/t23-/m0/s1. The van der Waals surface area contributed by atoms with Gasteiger partial charge in [0.1, 0.15) is 0 Å². The van der Waals surface area contributed by atoms with E-state index in [1.165, 1.54) is 0 Å². The summed E-state index contributed by atoms with van der Waals surface area (Å²) >= 11 is 6.19. The number of nitrogens with zero attached hydrogens (tertiary/aromatic N) is 3. The third-order valence-electron chi connectivity index (χ3n) is 6.50. The molecule has 0 saturated carbocycles. The van der Waals surface area contributed by atoms with Crippen molar-refractivity contribution in [3.05, 3.63) is 57.1 Å². The van der Waals surface area contributed by atoms with Crippen molar-refractivity contribution in [1.29, 1.82) is 0 Å². The lowest BCUT2D eigenvalue weighted by molar-refractivity contribution is -0.160. The van der Waals surface area contributed by atoms with Crippen LogP contribution in [-0.4, -0.2) is 30.4 Å². The number of aliphatic carboxylic acids is 1. The fourth-order valence-electron chi connectivity index (χ4n) is 5.25. The number of benzene rings is 2. The van der Waals surface area contributed by atoms with Gasteiger partial charge in [0, 0.05) is 41.3 Å². The van der Waals surface area contributed by atoms with Crippen molar-refractivity contribution in [3.8, 4) is 11.1 Å². The van der Waals surface area contributed by atoms with E-state index < -0.39 is 17.7 Å². The molecule has 2 aromatic carbocycles. The first kappa shape index (κ1) is 22.7. The average molecular weight is 482 g/mol. The van der Waals surface area contributed by atoms with Crippen LogP contribution in [0, 0.1) is 6.92 Å². The number of halogens is 1. The Kier molecular flexibility index (Phi) is 5.18. The first-order valence-electron chi connectivity index (χ1n) is 11.5. The van der Waals surface area contributed by atoms with Crippen LogP contribution in [0.15, 0.2) is 35.1 Å². The van der Waals surface area contributed by atoms with E-state index in [2.05, 4.69) is 10.6 Å². The van der Waals surface area contributed by atoms with Crippen LogP contribution in [0.4, 0.5) is 0 Å². The molecular weight excluding hydrogens is 454 g/mol. The van der Waals surface area contributed by atoms with E-state index in [1.807, 2.05) is 46.8 Å². The second kappa shape index (κ2) is 7.75. The predicted molar refractivity (Wildman–Crippen MR) is 134 cm³/mol. The normalized spacial score (nSPS) is 14.4. The molecule has 0 bridgehead atoms. The van der Waals surface area contributed by atoms with Crippen LogP contribution in [0.3, 0.4) is 0 Å². The molecule has 0 spiro atoms. The topological polar surface area (TPSA) is 78.4 Å². The van der Waals surface area contributed by atoms with Gasteiger partial charge in [-0.1, -0.05) is 23.7 Å². The summed E-state index contributed by atoms with van der Waals surface area (Å²) in [6, 6.07) is 9.47. The lowest BCUT2D eigenvalue weighted by atomic mass is 9.90. The minimum atomic E-state index is -1.27. The summed E-state index contributed by atoms with van der Waals surface area (Å²) in [5.74, 6) is -1.10. The van der Waals surface area contributed by atoms with Crippen molar-refractivity contribution in [2.24, 2.45) is 0 Å². The molecule has 1 aliphatic rings. The van der Waals surface area contributed by atoms with E-state index in [1.54, 1.807) is 21.3 Å². The van der Waals surface area contributed by atoms with Crippen LogP contribution in [0.2, 0.25) is 5.02 Å². The average Bonchev–Trinajstić information content (AvgIpc) is 3.25. The molecule has 0 aliphatic carbocycles. The molecular formula is C26H28ClN3O4. The first-order valence-corrected chi connectivity index (χ1v) is 11.9. The highest BCUT2D eigenvalue weighted by molar-refractivity contribution is 6.30. The molecule has 0 saturated heterocycles. The Bertz CT molecular complexity index is 1520. The van der Waals surface area contributed by atoms with E-state index in [-0.39, 0.29) is 5.69 Å². The second-order valence-corrected chi connectivity index (χ2v) is 10.3. The van der Waals surface area contributed by atoms with Gasteiger partial charge in [-0.15, -0.1) is 0 Å². The molecule has 178 valence electrons. The molecule has 0 unspecified atom stereocenters. The zero-order valence-corrected chi connectivity index (χ0v) is 20.7. The summed E-state index contributed by atoms with van der Waals surface area (Å²) in [5.41, 5.74) is 4.67. The number of ether oxygens (including phenoxy) is 1. The van der Waals surface area contributed by atoms with Crippen LogP contribution in [-0.2, 0) is 29.2 Å². The van der Waals surface area contributed by atoms with E-state index >= 15 is 0 Å². The summed E-state index contributed by atoms with van der Waals surface area (Å²) in [4.78, 5) is 26.2. The molecule has 0 fully saturated rings. The van der Waals surface area contributed by atoms with Gasteiger partial charge in [-0.3, -0.25) is 9.13 Å². The maximum absolute atomic E-state index is 13.5. The first-order chi connectivity index (χ1) is 16.0. The number of aryl methyl sites for hydroxylation is 4. The molecule has 1 N–H and O–H groups in total. The van der Waals surface area contributed by atoms with E-state index in [0.717, 1.165) is 33.2 Å². The minimum absolute atomic E-state index is 0.127. The Morgan fingerprint density at radius 1 is 1.12 bits per heavy atom. The number of hydrogen-bond donors (Lipinski definition) is 1. The van der Waals surface area contributed by atoms with Crippen LogP contribution in [0.25, 0.3) is 33.1 Å². The quantitative estimate of drug-likeness (QED) is 0.416. The molecule has 3 heterocycles. The fraction of sp³-hybridized carbons (Fsp3) is 0.385. The van der Waals surface area contributed by atoms with Gasteiger partial charge in [-0.2, -0.15) is 0 Å². The molecule has 34 heavy (non-hydrogen) atoms. The number of carbonyl (C=O) groups is 1. The Morgan fingerprint density at radius 2 is 1.76 bits per heavy atom. The third kappa shape index (κ3) is 3.29. The minimum Gasteiger partial charge on any atom is -0.479 e. The number of carboxylic acid groups (broad SMARTS) is 1. The summed E-state index contributed by atoms with van der Waals surface area (Å²) < 4.78 is 11.9. The highest BCUT2D eigenvalue weighted by atomic mass is 35.5. The van der Waals surface area contributed by atoms with Gasteiger partial charge in [0.25, 0.3) is 0 Å². The maximum Gasteiger partial charge on any atom is 0.337 e. The van der Waals surface area contributed by atoms with Gasteiger partial charge < -0.3 is 14.4 Å². The van der Waals surface area contributed by atoms with Gasteiger partial charge in [-0.25, -0.2) is 9.59 Å². The third-order valence-corrected chi connectivity index (χ3v) is 6.75. The Labute approximate surface area is 202 Å². The molecule has 2 aromatic heterocycles. The number of imidazole rings is 1. The summed E-state index contributed by atoms with van der Waals surface area (Å²) in [7, 11) is 0. The Morgan fingerprint density at radius 3 is 2.35 bits per heavy atom. The number of carboxylic acids is 1. The Hall–Kier alpha value is -3.03. The largest absolute Gasteiger partial charge is 0.479 e. The van der Waals surface area contributed by atoms with Crippen LogP contribution >= 0.6 is 11.6 Å². The molecule has 1 aliphatic heterocycles. The van der Waals surface area contributed by atoms with Gasteiger partial charge in [0.15, 0.2) is 6.10 Å². The highest BCUT2D eigenvalue weighted by Crippen LogP contribution is 2.45. The van der Waals surface area contributed by atoms with Crippen LogP contribution < -0.4 is 5.69 Å². The van der Waals surface area contributed by atoms with Gasteiger partial charge in [0.05, 0.1) is 22.2 Å².